The lowest BCUT2D eigenvalue weighted by Crippen LogP contribution is -3.28. The molecule has 1 fully saturated rings. The summed E-state index contributed by atoms with van der Waals surface area (Å²) in [7, 11) is 0. The average molecular weight is 374 g/mol. The summed E-state index contributed by atoms with van der Waals surface area (Å²) in [6.45, 7) is 8.52. The van der Waals surface area contributed by atoms with E-state index < -0.39 is 0 Å². The fraction of sp³-hybridized carbons (Fsp3) is 0.381. The van der Waals surface area contributed by atoms with Crippen LogP contribution in [0.2, 0.25) is 5.02 Å². The minimum absolute atomic E-state index is 0.140. The molecule has 4 nitrogen and oxygen atoms in total. The summed E-state index contributed by atoms with van der Waals surface area (Å²) in [5.41, 5.74) is 3.69. The van der Waals surface area contributed by atoms with Gasteiger partial charge >= 0.3 is 0 Å². The van der Waals surface area contributed by atoms with Crippen molar-refractivity contribution in [2.75, 3.05) is 32.7 Å². The quantitative estimate of drug-likeness (QED) is 0.667. The molecule has 0 saturated carbocycles. The second-order valence-electron chi connectivity index (χ2n) is 7.19. The van der Waals surface area contributed by atoms with Gasteiger partial charge in [0.2, 0.25) is 0 Å². The van der Waals surface area contributed by atoms with Crippen LogP contribution in [0.5, 0.6) is 0 Å². The Bertz CT molecular complexity index is 742. The molecule has 0 unspecified atom stereocenters. The molecule has 1 aliphatic heterocycles. The van der Waals surface area contributed by atoms with E-state index in [4.69, 9.17) is 11.6 Å². The number of carbonyl (C=O) groups excluding carboxylic acids is 1. The van der Waals surface area contributed by atoms with Gasteiger partial charge in [0, 0.05) is 17.1 Å². The molecule has 26 heavy (non-hydrogen) atoms. The molecule has 0 atom stereocenters. The third-order valence-corrected chi connectivity index (χ3v) is 5.39. The molecule has 2 aromatic rings. The number of nitrogens with one attached hydrogen (secondary N) is 3. The van der Waals surface area contributed by atoms with Crippen molar-refractivity contribution in [3.8, 4) is 0 Å². The summed E-state index contributed by atoms with van der Waals surface area (Å²) >= 11 is 6.07. The van der Waals surface area contributed by atoms with Crippen molar-refractivity contribution in [2.45, 2.75) is 20.0 Å². The highest BCUT2D eigenvalue weighted by Gasteiger charge is 2.24. The Morgan fingerprint density at radius 3 is 2.50 bits per heavy atom. The predicted molar refractivity (Wildman–Crippen MR) is 104 cm³/mol. The van der Waals surface area contributed by atoms with E-state index in [9.17, 15) is 4.79 Å². The van der Waals surface area contributed by atoms with Gasteiger partial charge in [-0.25, -0.2) is 0 Å². The van der Waals surface area contributed by atoms with E-state index >= 15 is 0 Å². The molecule has 3 N–H and O–H groups in total. The van der Waals surface area contributed by atoms with Crippen LogP contribution in [-0.2, 0) is 17.9 Å². The van der Waals surface area contributed by atoms with Gasteiger partial charge in [0.05, 0.1) is 0 Å². The number of benzene rings is 2. The van der Waals surface area contributed by atoms with Gasteiger partial charge in [-0.3, -0.25) is 4.79 Å². The smallest absolute Gasteiger partial charge is 0.275 e. The predicted octanol–water partition coefficient (Wildman–Crippen LogP) is 0.248. The minimum atomic E-state index is 0.140. The third-order valence-electron chi connectivity index (χ3n) is 5.16. The molecule has 5 heteroatoms. The number of halogens is 1. The molecular formula is C21H28ClN3O+2. The fourth-order valence-corrected chi connectivity index (χ4v) is 3.75. The van der Waals surface area contributed by atoms with Gasteiger partial charge in [0.1, 0.15) is 32.7 Å². The van der Waals surface area contributed by atoms with Crippen molar-refractivity contribution in [3.05, 3.63) is 70.2 Å². The summed E-state index contributed by atoms with van der Waals surface area (Å²) in [6, 6.07) is 16.3. The van der Waals surface area contributed by atoms with Crippen molar-refractivity contribution in [3.63, 3.8) is 0 Å². The van der Waals surface area contributed by atoms with Crippen LogP contribution in [0.1, 0.15) is 16.7 Å². The first-order valence-corrected chi connectivity index (χ1v) is 9.71. The molecule has 3 rings (SSSR count). The number of hydrogen-bond acceptors (Lipinski definition) is 1. The van der Waals surface area contributed by atoms with Crippen molar-refractivity contribution in [1.29, 1.82) is 0 Å². The Labute approximate surface area is 160 Å². The number of amides is 1. The van der Waals surface area contributed by atoms with E-state index in [-0.39, 0.29) is 5.91 Å². The first kappa shape index (κ1) is 18.9. The van der Waals surface area contributed by atoms with E-state index in [1.807, 2.05) is 30.3 Å². The Hall–Kier alpha value is -1.88. The SMILES string of the molecule is Cc1ccccc1CNC(=O)C[NH+]1CC[NH+](Cc2cccc(Cl)c2)CC1. The lowest BCUT2D eigenvalue weighted by Gasteiger charge is -2.29. The molecule has 1 saturated heterocycles. The van der Waals surface area contributed by atoms with E-state index in [1.165, 1.54) is 21.6 Å². The van der Waals surface area contributed by atoms with Gasteiger partial charge < -0.3 is 15.1 Å². The average Bonchev–Trinajstić information content (AvgIpc) is 2.63. The van der Waals surface area contributed by atoms with Crippen molar-refractivity contribution < 1.29 is 14.6 Å². The zero-order chi connectivity index (χ0) is 18.4. The Balaban J connectivity index is 1.39. The Morgan fingerprint density at radius 1 is 1.04 bits per heavy atom. The molecule has 0 aliphatic carbocycles. The van der Waals surface area contributed by atoms with Crippen LogP contribution in [0.25, 0.3) is 0 Å². The van der Waals surface area contributed by atoms with Gasteiger partial charge in [-0.2, -0.15) is 0 Å². The summed E-state index contributed by atoms with van der Waals surface area (Å²) in [4.78, 5) is 15.2. The summed E-state index contributed by atoms with van der Waals surface area (Å²) < 4.78 is 0. The largest absolute Gasteiger partial charge is 0.347 e. The van der Waals surface area contributed by atoms with E-state index in [0.717, 1.165) is 37.7 Å². The molecule has 0 bridgehead atoms. The number of quaternary nitrogens is 2. The maximum absolute atomic E-state index is 12.3. The number of hydrogen-bond donors (Lipinski definition) is 3. The molecule has 138 valence electrons. The van der Waals surface area contributed by atoms with Crippen LogP contribution in [0.4, 0.5) is 0 Å². The highest BCUT2D eigenvalue weighted by Crippen LogP contribution is 2.09. The van der Waals surface area contributed by atoms with Gasteiger partial charge in [0.25, 0.3) is 5.91 Å². The first-order valence-electron chi connectivity index (χ1n) is 9.33. The number of rotatable bonds is 6. The second-order valence-corrected chi connectivity index (χ2v) is 7.62. The van der Waals surface area contributed by atoms with Crippen LogP contribution in [0.15, 0.2) is 48.5 Å². The monoisotopic (exact) mass is 373 g/mol. The highest BCUT2D eigenvalue weighted by atomic mass is 35.5. The lowest BCUT2D eigenvalue weighted by atomic mass is 10.1. The van der Waals surface area contributed by atoms with Crippen LogP contribution in [0, 0.1) is 6.92 Å². The number of piperazine rings is 1. The zero-order valence-electron chi connectivity index (χ0n) is 15.4. The Kier molecular flexibility index (Phi) is 6.67. The van der Waals surface area contributed by atoms with Crippen molar-refractivity contribution in [2.24, 2.45) is 0 Å². The van der Waals surface area contributed by atoms with E-state index in [1.54, 1.807) is 4.90 Å². The molecular weight excluding hydrogens is 346 g/mol. The Morgan fingerprint density at radius 2 is 1.77 bits per heavy atom. The molecule has 2 aromatic carbocycles. The van der Waals surface area contributed by atoms with E-state index in [0.29, 0.717) is 13.1 Å². The molecule has 0 radical (unpaired) electrons. The van der Waals surface area contributed by atoms with Gasteiger partial charge in [-0.15, -0.1) is 0 Å². The molecule has 0 aromatic heterocycles. The first-order chi connectivity index (χ1) is 12.6. The van der Waals surface area contributed by atoms with E-state index in [2.05, 4.69) is 30.4 Å². The maximum Gasteiger partial charge on any atom is 0.275 e. The molecule has 1 aliphatic rings. The van der Waals surface area contributed by atoms with Crippen LogP contribution in [-0.4, -0.2) is 38.6 Å². The topological polar surface area (TPSA) is 38.0 Å². The summed E-state index contributed by atoms with van der Waals surface area (Å²) in [6.07, 6.45) is 0. The fourth-order valence-electron chi connectivity index (χ4n) is 3.54. The number of carbonyl (C=O) groups is 1. The number of aryl methyl sites for hydroxylation is 1. The van der Waals surface area contributed by atoms with Gasteiger partial charge in [-0.05, 0) is 30.2 Å². The van der Waals surface area contributed by atoms with Crippen molar-refractivity contribution in [1.82, 2.24) is 5.32 Å². The van der Waals surface area contributed by atoms with Crippen LogP contribution in [0.3, 0.4) is 0 Å². The van der Waals surface area contributed by atoms with Crippen LogP contribution < -0.4 is 15.1 Å². The minimum Gasteiger partial charge on any atom is -0.347 e. The standard InChI is InChI=1S/C21H26ClN3O/c1-17-5-2-3-7-19(17)14-23-21(26)16-25-11-9-24(10-12-25)15-18-6-4-8-20(22)13-18/h2-8,13H,9-12,14-16H2,1H3,(H,23,26)/p+2. The second kappa shape index (κ2) is 9.17. The maximum atomic E-state index is 12.3. The summed E-state index contributed by atoms with van der Waals surface area (Å²) in [5, 5.41) is 3.87. The van der Waals surface area contributed by atoms with Gasteiger partial charge in [-0.1, -0.05) is 48.0 Å². The van der Waals surface area contributed by atoms with Crippen molar-refractivity contribution >= 4 is 17.5 Å². The zero-order valence-corrected chi connectivity index (χ0v) is 16.1. The van der Waals surface area contributed by atoms with Gasteiger partial charge in [0.15, 0.2) is 6.54 Å². The normalized spacial score (nSPS) is 19.9. The van der Waals surface area contributed by atoms with Crippen LogP contribution >= 0.6 is 11.6 Å². The highest BCUT2D eigenvalue weighted by molar-refractivity contribution is 6.30. The third kappa shape index (κ3) is 5.56. The molecule has 0 spiro atoms. The molecule has 1 heterocycles. The molecule has 1 amide bonds. The lowest BCUT2D eigenvalue weighted by molar-refractivity contribution is -1.02. The summed E-state index contributed by atoms with van der Waals surface area (Å²) in [5.74, 6) is 0.140.